The molecule has 1 aromatic heterocycles. The van der Waals surface area contributed by atoms with Crippen LogP contribution in [0.15, 0.2) is 10.6 Å². The van der Waals surface area contributed by atoms with E-state index in [2.05, 4.69) is 22.3 Å². The highest BCUT2D eigenvalue weighted by Gasteiger charge is 2.19. The molecule has 0 aliphatic carbocycles. The number of hydrogen-bond acceptors (Lipinski definition) is 5. The van der Waals surface area contributed by atoms with E-state index in [1.807, 2.05) is 0 Å². The van der Waals surface area contributed by atoms with Crippen LogP contribution in [-0.4, -0.2) is 53.9 Å². The van der Waals surface area contributed by atoms with E-state index in [1.165, 1.54) is 0 Å². The lowest BCUT2D eigenvalue weighted by molar-refractivity contribution is 0.0922. The molecular formula is C15H25N3O3. The Morgan fingerprint density at radius 2 is 2.48 bits per heavy atom. The second-order valence-corrected chi connectivity index (χ2v) is 5.68. The molecule has 118 valence electrons. The van der Waals surface area contributed by atoms with E-state index < -0.39 is 0 Å². The highest BCUT2D eigenvalue weighted by molar-refractivity contribution is 5.92. The summed E-state index contributed by atoms with van der Waals surface area (Å²) in [4.78, 5) is 14.2. The Labute approximate surface area is 125 Å². The average molecular weight is 295 g/mol. The lowest BCUT2D eigenvalue weighted by Crippen LogP contribution is -2.41. The summed E-state index contributed by atoms with van der Waals surface area (Å²) in [6.45, 7) is 5.66. The molecule has 0 radical (unpaired) electrons. The van der Waals surface area contributed by atoms with Gasteiger partial charge in [-0.15, -0.1) is 0 Å². The lowest BCUT2D eigenvalue weighted by Gasteiger charge is -2.31. The van der Waals surface area contributed by atoms with Crippen LogP contribution in [-0.2, 0) is 6.42 Å². The molecule has 1 aliphatic rings. The van der Waals surface area contributed by atoms with Gasteiger partial charge in [-0.1, -0.05) is 12.1 Å². The van der Waals surface area contributed by atoms with Crippen LogP contribution < -0.4 is 5.32 Å². The maximum Gasteiger partial charge on any atom is 0.273 e. The zero-order chi connectivity index (χ0) is 15.1. The van der Waals surface area contributed by atoms with E-state index in [9.17, 15) is 9.90 Å². The fourth-order valence-corrected chi connectivity index (χ4v) is 2.71. The molecule has 1 atom stereocenters. The molecule has 21 heavy (non-hydrogen) atoms. The quantitative estimate of drug-likeness (QED) is 0.786. The van der Waals surface area contributed by atoms with E-state index in [0.29, 0.717) is 18.2 Å². The predicted molar refractivity (Wildman–Crippen MR) is 79.1 cm³/mol. The maximum atomic E-state index is 11.9. The number of piperidine rings is 1. The molecule has 0 saturated carbocycles. The SMILES string of the molecule is CCCc1cc(C(=O)NCCN2CCC[C@H](CO)C2)no1. The average Bonchev–Trinajstić information content (AvgIpc) is 2.96. The Balaban J connectivity index is 1.71. The molecule has 0 aromatic carbocycles. The maximum absolute atomic E-state index is 11.9. The number of amides is 1. The van der Waals surface area contributed by atoms with Crippen molar-refractivity contribution in [1.29, 1.82) is 0 Å². The van der Waals surface area contributed by atoms with Crippen molar-refractivity contribution in [3.8, 4) is 0 Å². The van der Waals surface area contributed by atoms with Crippen LogP contribution in [0.2, 0.25) is 0 Å². The van der Waals surface area contributed by atoms with Crippen LogP contribution in [0.4, 0.5) is 0 Å². The molecule has 1 fully saturated rings. The van der Waals surface area contributed by atoms with Crippen molar-refractivity contribution in [3.05, 3.63) is 17.5 Å². The van der Waals surface area contributed by atoms with Crippen molar-refractivity contribution in [2.24, 2.45) is 5.92 Å². The molecular weight excluding hydrogens is 270 g/mol. The molecule has 0 spiro atoms. The van der Waals surface area contributed by atoms with Gasteiger partial charge in [-0.05, 0) is 31.7 Å². The summed E-state index contributed by atoms with van der Waals surface area (Å²) in [5.41, 5.74) is 0.352. The van der Waals surface area contributed by atoms with Crippen molar-refractivity contribution in [3.63, 3.8) is 0 Å². The number of nitrogens with one attached hydrogen (secondary N) is 1. The summed E-state index contributed by atoms with van der Waals surface area (Å²) >= 11 is 0. The van der Waals surface area contributed by atoms with Gasteiger partial charge in [-0.2, -0.15) is 0 Å². The number of aliphatic hydroxyl groups is 1. The molecule has 2 N–H and O–H groups in total. The molecule has 6 nitrogen and oxygen atoms in total. The van der Waals surface area contributed by atoms with Gasteiger partial charge in [0.2, 0.25) is 0 Å². The van der Waals surface area contributed by atoms with Gasteiger partial charge in [-0.25, -0.2) is 0 Å². The zero-order valence-corrected chi connectivity index (χ0v) is 12.7. The highest BCUT2D eigenvalue weighted by atomic mass is 16.5. The number of nitrogens with zero attached hydrogens (tertiary/aromatic N) is 2. The normalized spacial score (nSPS) is 19.6. The number of likely N-dealkylation sites (tertiary alicyclic amines) is 1. The predicted octanol–water partition coefficient (Wildman–Crippen LogP) is 1.06. The fourth-order valence-electron chi connectivity index (χ4n) is 2.71. The Bertz CT molecular complexity index is 447. The summed E-state index contributed by atoms with van der Waals surface area (Å²) in [7, 11) is 0. The Kier molecular flexibility index (Phi) is 6.20. The number of aliphatic hydroxyl groups excluding tert-OH is 1. The largest absolute Gasteiger partial charge is 0.396 e. The monoisotopic (exact) mass is 295 g/mol. The molecule has 1 aromatic rings. The Morgan fingerprint density at radius 3 is 3.24 bits per heavy atom. The third-order valence-corrected chi connectivity index (χ3v) is 3.86. The van der Waals surface area contributed by atoms with Gasteiger partial charge in [0.05, 0.1) is 0 Å². The van der Waals surface area contributed by atoms with Gasteiger partial charge in [0, 0.05) is 38.7 Å². The molecule has 1 saturated heterocycles. The minimum Gasteiger partial charge on any atom is -0.396 e. The van der Waals surface area contributed by atoms with Gasteiger partial charge in [0.1, 0.15) is 5.76 Å². The third-order valence-electron chi connectivity index (χ3n) is 3.86. The van der Waals surface area contributed by atoms with Crippen molar-refractivity contribution in [1.82, 2.24) is 15.4 Å². The van der Waals surface area contributed by atoms with E-state index in [0.717, 1.165) is 51.1 Å². The minimum absolute atomic E-state index is 0.183. The van der Waals surface area contributed by atoms with E-state index in [4.69, 9.17) is 4.52 Å². The van der Waals surface area contributed by atoms with Crippen molar-refractivity contribution >= 4 is 5.91 Å². The molecule has 2 heterocycles. The first-order valence-electron chi connectivity index (χ1n) is 7.80. The Morgan fingerprint density at radius 1 is 1.62 bits per heavy atom. The fraction of sp³-hybridized carbons (Fsp3) is 0.733. The first-order chi connectivity index (χ1) is 10.2. The summed E-state index contributed by atoms with van der Waals surface area (Å²) in [6.07, 6.45) is 3.98. The molecule has 0 bridgehead atoms. The molecule has 2 rings (SSSR count). The van der Waals surface area contributed by atoms with Gasteiger partial charge in [0.25, 0.3) is 5.91 Å². The summed E-state index contributed by atoms with van der Waals surface area (Å²) in [5.74, 6) is 0.947. The minimum atomic E-state index is -0.183. The molecule has 1 amide bonds. The summed E-state index contributed by atoms with van der Waals surface area (Å²) < 4.78 is 5.10. The van der Waals surface area contributed by atoms with Crippen LogP contribution in [0, 0.1) is 5.92 Å². The second kappa shape index (κ2) is 8.14. The van der Waals surface area contributed by atoms with Gasteiger partial charge in [0.15, 0.2) is 5.69 Å². The third kappa shape index (κ3) is 4.82. The number of rotatable bonds is 7. The van der Waals surface area contributed by atoms with Crippen LogP contribution >= 0.6 is 0 Å². The second-order valence-electron chi connectivity index (χ2n) is 5.68. The number of aryl methyl sites for hydroxylation is 1. The van der Waals surface area contributed by atoms with E-state index in [-0.39, 0.29) is 12.5 Å². The first kappa shape index (κ1) is 16.0. The Hall–Kier alpha value is -1.40. The van der Waals surface area contributed by atoms with E-state index >= 15 is 0 Å². The number of hydrogen-bond donors (Lipinski definition) is 2. The zero-order valence-electron chi connectivity index (χ0n) is 12.7. The van der Waals surface area contributed by atoms with E-state index in [1.54, 1.807) is 6.07 Å². The lowest BCUT2D eigenvalue weighted by atomic mass is 9.99. The molecule has 1 aliphatic heterocycles. The molecule has 0 unspecified atom stereocenters. The smallest absolute Gasteiger partial charge is 0.273 e. The topological polar surface area (TPSA) is 78.6 Å². The van der Waals surface area contributed by atoms with Gasteiger partial charge < -0.3 is 19.8 Å². The van der Waals surface area contributed by atoms with Crippen LogP contribution in [0.1, 0.15) is 42.4 Å². The number of carbonyl (C=O) groups excluding carboxylic acids is 1. The van der Waals surface area contributed by atoms with Crippen molar-refractivity contribution in [2.75, 3.05) is 32.8 Å². The summed E-state index contributed by atoms with van der Waals surface area (Å²) in [6, 6.07) is 1.71. The van der Waals surface area contributed by atoms with Crippen LogP contribution in [0.5, 0.6) is 0 Å². The number of carbonyl (C=O) groups is 1. The van der Waals surface area contributed by atoms with Gasteiger partial charge >= 0.3 is 0 Å². The van der Waals surface area contributed by atoms with Crippen molar-refractivity contribution < 1.29 is 14.4 Å². The van der Waals surface area contributed by atoms with Crippen LogP contribution in [0.25, 0.3) is 0 Å². The standard InChI is InChI=1S/C15H25N3O3/c1-2-4-13-9-14(17-21-13)15(20)16-6-8-18-7-3-5-12(10-18)11-19/h9,12,19H,2-8,10-11H2,1H3,(H,16,20)/t12-/m0/s1. The van der Waals surface area contributed by atoms with Crippen molar-refractivity contribution in [2.45, 2.75) is 32.6 Å². The number of aromatic nitrogens is 1. The van der Waals surface area contributed by atoms with Gasteiger partial charge in [-0.3, -0.25) is 4.79 Å². The highest BCUT2D eigenvalue weighted by Crippen LogP contribution is 2.15. The van der Waals surface area contributed by atoms with Crippen LogP contribution in [0.3, 0.4) is 0 Å². The summed E-state index contributed by atoms with van der Waals surface area (Å²) in [5, 5.41) is 15.9. The molecule has 6 heteroatoms. The first-order valence-corrected chi connectivity index (χ1v) is 7.80.